The minimum absolute atomic E-state index is 0.0459. The molecule has 138 valence electrons. The topological polar surface area (TPSA) is 33.7 Å². The van der Waals surface area contributed by atoms with Crippen LogP contribution in [0.4, 0.5) is 5.69 Å². The van der Waals surface area contributed by atoms with Crippen LogP contribution >= 0.6 is 12.2 Å². The Balaban J connectivity index is 1.66. The normalized spacial score (nSPS) is 15.4. The number of anilines is 1. The van der Waals surface area contributed by atoms with E-state index < -0.39 is 0 Å². The van der Waals surface area contributed by atoms with Crippen molar-refractivity contribution in [3.05, 3.63) is 53.6 Å². The van der Waals surface area contributed by atoms with Gasteiger partial charge in [-0.05, 0) is 67.9 Å². The Kier molecular flexibility index (Phi) is 5.99. The number of aryl methyl sites for hydroxylation is 2. The molecule has 0 unspecified atom stereocenters. The van der Waals surface area contributed by atoms with Crippen LogP contribution in [0.15, 0.2) is 42.5 Å². The van der Waals surface area contributed by atoms with Crippen LogP contribution in [-0.2, 0) is 0 Å². The summed E-state index contributed by atoms with van der Waals surface area (Å²) in [7, 11) is 0. The van der Waals surface area contributed by atoms with Crippen LogP contribution in [-0.4, -0.2) is 35.8 Å². The number of nitrogens with zero attached hydrogens (tertiary/aromatic N) is 1. The standard InChI is InChI=1S/C21H26N2O2S/c1-4-9-23(21(26)22-17-11-15(2)10-16(3)12-17)13-18-14-24-19-7-5-6-8-20(19)25-18/h5-8,10-12,18H,4,9,13-14H2,1-3H3,(H,22,26)/t18-/m0/s1. The molecule has 0 aromatic heterocycles. The maximum atomic E-state index is 6.09. The average molecular weight is 371 g/mol. The molecule has 1 aliphatic heterocycles. The third kappa shape index (κ3) is 4.67. The second kappa shape index (κ2) is 8.41. The van der Waals surface area contributed by atoms with E-state index in [4.69, 9.17) is 21.7 Å². The second-order valence-corrected chi connectivity index (χ2v) is 7.14. The summed E-state index contributed by atoms with van der Waals surface area (Å²) in [5, 5.41) is 4.10. The number of rotatable bonds is 5. The summed E-state index contributed by atoms with van der Waals surface area (Å²) >= 11 is 5.67. The lowest BCUT2D eigenvalue weighted by atomic mass is 10.1. The zero-order valence-electron chi connectivity index (χ0n) is 15.6. The molecule has 2 aromatic rings. The third-order valence-electron chi connectivity index (χ3n) is 4.25. The smallest absolute Gasteiger partial charge is 0.173 e. The summed E-state index contributed by atoms with van der Waals surface area (Å²) in [5.41, 5.74) is 3.47. The van der Waals surface area contributed by atoms with Crippen molar-refractivity contribution in [3.8, 4) is 11.5 Å². The molecule has 0 radical (unpaired) electrons. The summed E-state index contributed by atoms with van der Waals surface area (Å²) in [5.74, 6) is 1.61. The average Bonchev–Trinajstić information content (AvgIpc) is 2.60. The molecule has 0 aliphatic carbocycles. The van der Waals surface area contributed by atoms with Crippen LogP contribution in [0.5, 0.6) is 11.5 Å². The fourth-order valence-corrected chi connectivity index (χ4v) is 3.48. The molecule has 0 saturated heterocycles. The molecule has 0 fully saturated rings. The molecule has 1 heterocycles. The molecule has 1 N–H and O–H groups in total. The number of ether oxygens (including phenoxy) is 2. The minimum atomic E-state index is -0.0459. The maximum absolute atomic E-state index is 6.09. The van der Waals surface area contributed by atoms with Gasteiger partial charge in [-0.3, -0.25) is 0 Å². The molecule has 0 bridgehead atoms. The number of nitrogens with one attached hydrogen (secondary N) is 1. The second-order valence-electron chi connectivity index (χ2n) is 6.75. The Morgan fingerprint density at radius 2 is 1.85 bits per heavy atom. The van der Waals surface area contributed by atoms with Crippen molar-refractivity contribution in [1.29, 1.82) is 0 Å². The zero-order valence-corrected chi connectivity index (χ0v) is 16.4. The number of benzene rings is 2. The van der Waals surface area contributed by atoms with E-state index in [1.54, 1.807) is 0 Å². The molecule has 0 saturated carbocycles. The van der Waals surface area contributed by atoms with E-state index >= 15 is 0 Å². The first-order valence-corrected chi connectivity index (χ1v) is 9.48. The molecule has 5 heteroatoms. The zero-order chi connectivity index (χ0) is 18.5. The molecule has 3 rings (SSSR count). The summed E-state index contributed by atoms with van der Waals surface area (Å²) in [4.78, 5) is 2.16. The third-order valence-corrected chi connectivity index (χ3v) is 4.61. The van der Waals surface area contributed by atoms with Crippen LogP contribution in [0.1, 0.15) is 24.5 Å². The Labute approximate surface area is 161 Å². The molecule has 0 spiro atoms. The number of fused-ring (bicyclic) bond motifs is 1. The van der Waals surface area contributed by atoms with Crippen molar-refractivity contribution < 1.29 is 9.47 Å². The van der Waals surface area contributed by atoms with Gasteiger partial charge in [-0.2, -0.15) is 0 Å². The largest absolute Gasteiger partial charge is 0.486 e. The lowest BCUT2D eigenvalue weighted by Gasteiger charge is -2.32. The van der Waals surface area contributed by atoms with Gasteiger partial charge in [0.2, 0.25) is 0 Å². The first kappa shape index (κ1) is 18.5. The first-order chi connectivity index (χ1) is 12.5. The Hall–Kier alpha value is -2.27. The van der Waals surface area contributed by atoms with Crippen molar-refractivity contribution in [3.63, 3.8) is 0 Å². The van der Waals surface area contributed by atoms with Gasteiger partial charge in [0.25, 0.3) is 0 Å². The van der Waals surface area contributed by atoms with E-state index in [0.29, 0.717) is 13.2 Å². The maximum Gasteiger partial charge on any atom is 0.173 e. The SMILES string of the molecule is CCCN(C[C@H]1COc2ccccc2O1)C(=S)Nc1cc(C)cc(C)c1. The van der Waals surface area contributed by atoms with Gasteiger partial charge in [-0.1, -0.05) is 25.1 Å². The number of para-hydroxylation sites is 2. The van der Waals surface area contributed by atoms with Crippen LogP contribution in [0.3, 0.4) is 0 Å². The number of thiocarbonyl (C=S) groups is 1. The van der Waals surface area contributed by atoms with Crippen LogP contribution in [0.25, 0.3) is 0 Å². The van der Waals surface area contributed by atoms with E-state index in [1.807, 2.05) is 24.3 Å². The van der Waals surface area contributed by atoms with Crippen LogP contribution < -0.4 is 14.8 Å². The van der Waals surface area contributed by atoms with Gasteiger partial charge in [-0.25, -0.2) is 0 Å². The van der Waals surface area contributed by atoms with Gasteiger partial charge in [0.05, 0.1) is 6.54 Å². The highest BCUT2D eigenvalue weighted by Gasteiger charge is 2.24. The summed E-state index contributed by atoms with van der Waals surface area (Å²) in [6.45, 7) is 8.44. The summed E-state index contributed by atoms with van der Waals surface area (Å²) < 4.78 is 11.9. The quantitative estimate of drug-likeness (QED) is 0.781. The fraction of sp³-hybridized carbons (Fsp3) is 0.381. The van der Waals surface area contributed by atoms with Gasteiger partial charge in [0, 0.05) is 12.2 Å². The first-order valence-electron chi connectivity index (χ1n) is 9.08. The molecule has 2 aromatic carbocycles. The molecular weight excluding hydrogens is 344 g/mol. The molecule has 1 aliphatic rings. The van der Waals surface area contributed by atoms with E-state index in [-0.39, 0.29) is 6.10 Å². The van der Waals surface area contributed by atoms with Crippen molar-refractivity contribution in [2.75, 3.05) is 25.0 Å². The van der Waals surface area contributed by atoms with Gasteiger partial charge in [-0.15, -0.1) is 0 Å². The monoisotopic (exact) mass is 370 g/mol. The number of hydrogen-bond acceptors (Lipinski definition) is 3. The predicted octanol–water partition coefficient (Wildman–Crippen LogP) is 4.55. The lowest BCUT2D eigenvalue weighted by Crippen LogP contribution is -2.45. The molecule has 1 atom stereocenters. The summed E-state index contributed by atoms with van der Waals surface area (Å²) in [6.07, 6.45) is 0.967. The van der Waals surface area contributed by atoms with Crippen molar-refractivity contribution >= 4 is 23.0 Å². The van der Waals surface area contributed by atoms with Crippen molar-refractivity contribution in [2.24, 2.45) is 0 Å². The van der Waals surface area contributed by atoms with E-state index in [9.17, 15) is 0 Å². The van der Waals surface area contributed by atoms with E-state index in [2.05, 4.69) is 49.2 Å². The summed E-state index contributed by atoms with van der Waals surface area (Å²) in [6, 6.07) is 14.2. The van der Waals surface area contributed by atoms with Gasteiger partial charge >= 0.3 is 0 Å². The van der Waals surface area contributed by atoms with Crippen LogP contribution in [0, 0.1) is 13.8 Å². The highest BCUT2D eigenvalue weighted by Crippen LogP contribution is 2.31. The Morgan fingerprint density at radius 1 is 1.15 bits per heavy atom. The predicted molar refractivity (Wildman–Crippen MR) is 110 cm³/mol. The molecular formula is C21H26N2O2S. The molecule has 26 heavy (non-hydrogen) atoms. The molecule has 4 nitrogen and oxygen atoms in total. The number of hydrogen-bond donors (Lipinski definition) is 1. The Morgan fingerprint density at radius 3 is 2.54 bits per heavy atom. The highest BCUT2D eigenvalue weighted by molar-refractivity contribution is 7.80. The van der Waals surface area contributed by atoms with Crippen molar-refractivity contribution in [2.45, 2.75) is 33.3 Å². The minimum Gasteiger partial charge on any atom is -0.486 e. The van der Waals surface area contributed by atoms with Gasteiger partial charge in [0.1, 0.15) is 6.61 Å². The lowest BCUT2D eigenvalue weighted by molar-refractivity contribution is 0.0746. The van der Waals surface area contributed by atoms with E-state index in [1.165, 1.54) is 11.1 Å². The van der Waals surface area contributed by atoms with Crippen LogP contribution in [0.2, 0.25) is 0 Å². The molecule has 0 amide bonds. The Bertz CT molecular complexity index is 758. The van der Waals surface area contributed by atoms with E-state index in [0.717, 1.165) is 35.3 Å². The van der Waals surface area contributed by atoms with Crippen molar-refractivity contribution in [1.82, 2.24) is 4.90 Å². The fourth-order valence-electron chi connectivity index (χ4n) is 3.19. The highest BCUT2D eigenvalue weighted by atomic mass is 32.1. The van der Waals surface area contributed by atoms with Gasteiger partial charge in [0.15, 0.2) is 22.7 Å². The van der Waals surface area contributed by atoms with Gasteiger partial charge < -0.3 is 19.7 Å².